The Hall–Kier alpha value is -1.98. The van der Waals surface area contributed by atoms with Crippen LogP contribution in [0.1, 0.15) is 41.9 Å². The minimum atomic E-state index is -0.287. The van der Waals surface area contributed by atoms with Crippen LogP contribution in [0.3, 0.4) is 0 Å². The lowest BCUT2D eigenvalue weighted by atomic mass is 10.1. The molecule has 1 heterocycles. The Labute approximate surface area is 150 Å². The van der Waals surface area contributed by atoms with Crippen LogP contribution in [-0.2, 0) is 4.79 Å². The van der Waals surface area contributed by atoms with Crippen molar-refractivity contribution in [2.24, 2.45) is 0 Å². The summed E-state index contributed by atoms with van der Waals surface area (Å²) < 4.78 is 4.98. The summed E-state index contributed by atoms with van der Waals surface area (Å²) in [6, 6.07) is 8.31. The molecular weight excluding hydrogens is 351 g/mol. The summed E-state index contributed by atoms with van der Waals surface area (Å²) in [4.78, 5) is 23.6. The van der Waals surface area contributed by atoms with Gasteiger partial charge < -0.3 is 15.1 Å². The van der Waals surface area contributed by atoms with Crippen molar-refractivity contribution in [3.05, 3.63) is 58.0 Å². The minimum Gasteiger partial charge on any atom is -0.459 e. The lowest BCUT2D eigenvalue weighted by Crippen LogP contribution is -2.28. The van der Waals surface area contributed by atoms with Crippen LogP contribution in [0, 0.1) is 0 Å². The van der Waals surface area contributed by atoms with Crippen molar-refractivity contribution in [3.63, 3.8) is 0 Å². The van der Waals surface area contributed by atoms with Gasteiger partial charge in [0.25, 0.3) is 5.91 Å². The average molecular weight is 369 g/mol. The normalized spacial score (nSPS) is 11.8. The number of rotatable bonds is 7. The third-order valence-corrected chi connectivity index (χ3v) is 4.17. The second kappa shape index (κ2) is 8.76. The number of amides is 2. The van der Waals surface area contributed by atoms with Crippen LogP contribution < -0.4 is 10.6 Å². The predicted octanol–water partition coefficient (Wildman–Crippen LogP) is 3.97. The summed E-state index contributed by atoms with van der Waals surface area (Å²) in [5, 5.41) is 6.51. The zero-order valence-electron chi connectivity index (χ0n) is 13.1. The Morgan fingerprint density at radius 2 is 2.00 bits per heavy atom. The topological polar surface area (TPSA) is 71.3 Å². The fourth-order valence-corrected chi connectivity index (χ4v) is 2.43. The van der Waals surface area contributed by atoms with Gasteiger partial charge in [-0.2, -0.15) is 0 Å². The molecule has 2 amide bonds. The molecule has 5 nitrogen and oxygen atoms in total. The molecular formula is C17H18Cl2N2O3. The molecule has 2 aromatic rings. The molecule has 128 valence electrons. The second-order valence-electron chi connectivity index (χ2n) is 5.30. The number of carbonyl (C=O) groups is 2. The first-order valence-electron chi connectivity index (χ1n) is 7.53. The van der Waals surface area contributed by atoms with E-state index >= 15 is 0 Å². The molecule has 0 aliphatic heterocycles. The molecule has 0 saturated carbocycles. The van der Waals surface area contributed by atoms with E-state index in [4.69, 9.17) is 27.6 Å². The molecule has 1 aromatic carbocycles. The summed E-state index contributed by atoms with van der Waals surface area (Å²) in [6.07, 6.45) is 2.28. The van der Waals surface area contributed by atoms with Crippen molar-refractivity contribution in [1.82, 2.24) is 10.6 Å². The number of furan rings is 1. The van der Waals surface area contributed by atoms with Gasteiger partial charge in [0, 0.05) is 13.0 Å². The highest BCUT2D eigenvalue weighted by Crippen LogP contribution is 2.25. The highest BCUT2D eigenvalue weighted by Gasteiger charge is 2.12. The minimum absolute atomic E-state index is 0.0965. The summed E-state index contributed by atoms with van der Waals surface area (Å²) in [7, 11) is 0. The van der Waals surface area contributed by atoms with E-state index in [-0.39, 0.29) is 23.6 Å². The number of nitrogens with one attached hydrogen (secondary N) is 2. The average Bonchev–Trinajstić information content (AvgIpc) is 3.08. The molecule has 24 heavy (non-hydrogen) atoms. The quantitative estimate of drug-likeness (QED) is 0.726. The second-order valence-corrected chi connectivity index (χ2v) is 6.11. The Kier molecular flexibility index (Phi) is 6.70. The van der Waals surface area contributed by atoms with E-state index in [1.165, 1.54) is 6.26 Å². The van der Waals surface area contributed by atoms with Crippen molar-refractivity contribution in [3.8, 4) is 0 Å². The van der Waals surface area contributed by atoms with Gasteiger partial charge in [0.1, 0.15) is 0 Å². The van der Waals surface area contributed by atoms with Gasteiger partial charge in [0.05, 0.1) is 22.4 Å². The highest BCUT2D eigenvalue weighted by atomic mass is 35.5. The van der Waals surface area contributed by atoms with E-state index in [9.17, 15) is 9.59 Å². The summed E-state index contributed by atoms with van der Waals surface area (Å²) in [5.74, 6) is -0.127. The zero-order chi connectivity index (χ0) is 17.5. The lowest BCUT2D eigenvalue weighted by molar-refractivity contribution is -0.121. The first-order chi connectivity index (χ1) is 11.5. The van der Waals surface area contributed by atoms with Crippen LogP contribution in [0.15, 0.2) is 41.0 Å². The Balaban J connectivity index is 1.71. The molecule has 7 heteroatoms. The first kappa shape index (κ1) is 18.4. The molecule has 1 atom stereocenters. The SMILES string of the molecule is CC(NC(=O)CCCNC(=O)c1ccco1)c1ccc(Cl)c(Cl)c1. The van der Waals surface area contributed by atoms with Crippen LogP contribution in [0.4, 0.5) is 0 Å². The summed E-state index contributed by atoms with van der Waals surface area (Å²) in [5.41, 5.74) is 0.879. The van der Waals surface area contributed by atoms with Crippen LogP contribution >= 0.6 is 23.2 Å². The molecule has 0 spiro atoms. The van der Waals surface area contributed by atoms with Crippen molar-refractivity contribution < 1.29 is 14.0 Å². The first-order valence-corrected chi connectivity index (χ1v) is 8.29. The Bertz CT molecular complexity index is 702. The van der Waals surface area contributed by atoms with Crippen molar-refractivity contribution >= 4 is 35.0 Å². The van der Waals surface area contributed by atoms with Gasteiger partial charge in [-0.1, -0.05) is 29.3 Å². The lowest BCUT2D eigenvalue weighted by Gasteiger charge is -2.15. The molecule has 1 unspecified atom stereocenters. The van der Waals surface area contributed by atoms with Crippen LogP contribution in [-0.4, -0.2) is 18.4 Å². The van der Waals surface area contributed by atoms with Crippen LogP contribution in [0.25, 0.3) is 0 Å². The molecule has 0 fully saturated rings. The number of hydrogen-bond acceptors (Lipinski definition) is 3. The van der Waals surface area contributed by atoms with Gasteiger partial charge in [-0.25, -0.2) is 0 Å². The maximum Gasteiger partial charge on any atom is 0.286 e. The van der Waals surface area contributed by atoms with Gasteiger partial charge >= 0.3 is 0 Å². The summed E-state index contributed by atoms with van der Waals surface area (Å²) in [6.45, 7) is 2.27. The van der Waals surface area contributed by atoms with Crippen molar-refractivity contribution in [2.45, 2.75) is 25.8 Å². The largest absolute Gasteiger partial charge is 0.459 e. The van der Waals surface area contributed by atoms with Gasteiger partial charge in [0.2, 0.25) is 5.91 Å². The number of halogens is 2. The van der Waals surface area contributed by atoms with E-state index < -0.39 is 0 Å². The maximum atomic E-state index is 12.0. The fourth-order valence-electron chi connectivity index (χ4n) is 2.12. The van der Waals surface area contributed by atoms with E-state index in [0.29, 0.717) is 29.4 Å². The van der Waals surface area contributed by atoms with E-state index in [0.717, 1.165) is 5.56 Å². The predicted molar refractivity (Wildman–Crippen MR) is 93.3 cm³/mol. The van der Waals surface area contributed by atoms with E-state index in [1.807, 2.05) is 13.0 Å². The molecule has 0 aliphatic carbocycles. The smallest absolute Gasteiger partial charge is 0.286 e. The monoisotopic (exact) mass is 368 g/mol. The van der Waals surface area contributed by atoms with Crippen LogP contribution in [0.5, 0.6) is 0 Å². The van der Waals surface area contributed by atoms with E-state index in [2.05, 4.69) is 10.6 Å². The van der Waals surface area contributed by atoms with Gasteiger partial charge in [-0.3, -0.25) is 9.59 Å². The van der Waals surface area contributed by atoms with Gasteiger partial charge in [-0.15, -0.1) is 0 Å². The molecule has 1 aromatic heterocycles. The standard InChI is InChI=1S/C17H18Cl2N2O3/c1-11(12-6-7-13(18)14(19)10-12)21-16(22)5-2-8-20-17(23)15-4-3-9-24-15/h3-4,6-7,9-11H,2,5,8H2,1H3,(H,20,23)(H,21,22). The van der Waals surface area contributed by atoms with Crippen molar-refractivity contribution in [2.75, 3.05) is 6.54 Å². The summed E-state index contributed by atoms with van der Waals surface area (Å²) >= 11 is 11.9. The van der Waals surface area contributed by atoms with Crippen LogP contribution in [0.2, 0.25) is 10.0 Å². The Morgan fingerprint density at radius 1 is 1.21 bits per heavy atom. The fraction of sp³-hybridized carbons (Fsp3) is 0.294. The van der Waals surface area contributed by atoms with Gasteiger partial charge in [0.15, 0.2) is 5.76 Å². The number of hydrogen-bond donors (Lipinski definition) is 2. The molecule has 0 saturated heterocycles. The molecule has 0 radical (unpaired) electrons. The third-order valence-electron chi connectivity index (χ3n) is 3.43. The molecule has 0 bridgehead atoms. The van der Waals surface area contributed by atoms with Gasteiger partial charge in [-0.05, 0) is 43.2 Å². The zero-order valence-corrected chi connectivity index (χ0v) is 14.7. The van der Waals surface area contributed by atoms with E-state index in [1.54, 1.807) is 24.3 Å². The molecule has 2 rings (SSSR count). The highest BCUT2D eigenvalue weighted by molar-refractivity contribution is 6.42. The number of benzene rings is 1. The number of carbonyl (C=O) groups excluding carboxylic acids is 2. The maximum absolute atomic E-state index is 12.0. The molecule has 2 N–H and O–H groups in total. The molecule has 0 aliphatic rings. The Morgan fingerprint density at radius 3 is 2.67 bits per heavy atom. The van der Waals surface area contributed by atoms with Crippen molar-refractivity contribution in [1.29, 1.82) is 0 Å². The third kappa shape index (κ3) is 5.28.